The van der Waals surface area contributed by atoms with Crippen LogP contribution in [0.5, 0.6) is 0 Å². The molecule has 0 unspecified atom stereocenters. The Balaban J connectivity index is 3.65. The van der Waals surface area contributed by atoms with Crippen molar-refractivity contribution in [2.45, 2.75) is 25.6 Å². The zero-order valence-electron chi connectivity index (χ0n) is 5.94. The third-order valence-electron chi connectivity index (χ3n) is 1.20. The van der Waals surface area contributed by atoms with Crippen molar-refractivity contribution < 1.29 is 0 Å². The highest BCUT2D eigenvalue weighted by atomic mass is 28.3. The normalized spacial score (nSPS) is 9.78. The number of rotatable bonds is 2. The van der Waals surface area contributed by atoms with Gasteiger partial charge >= 0.3 is 0 Å². The van der Waals surface area contributed by atoms with Gasteiger partial charge in [0.05, 0.1) is 0 Å². The van der Waals surface area contributed by atoms with Gasteiger partial charge in [-0.3, -0.25) is 0 Å². The van der Waals surface area contributed by atoms with E-state index in [1.165, 1.54) is 0 Å². The van der Waals surface area contributed by atoms with Gasteiger partial charge in [-0.1, -0.05) is 13.1 Å². The molecule has 0 aromatic rings. The van der Waals surface area contributed by atoms with Crippen LogP contribution in [0, 0.1) is 23.3 Å². The summed E-state index contributed by atoms with van der Waals surface area (Å²) in [5.74, 6) is 2.54. The van der Waals surface area contributed by atoms with Crippen molar-refractivity contribution in [3.05, 3.63) is 0 Å². The standard InChI is InChI=1S/C7H11NSi/c1-4-5-6-9(2,3)7-8/h1H,5-6H2,2-3H3. The minimum atomic E-state index is -1.54. The van der Waals surface area contributed by atoms with Crippen LogP contribution in [-0.4, -0.2) is 8.07 Å². The molecule has 0 saturated carbocycles. The van der Waals surface area contributed by atoms with E-state index in [2.05, 4.69) is 11.6 Å². The van der Waals surface area contributed by atoms with Crippen molar-refractivity contribution in [2.75, 3.05) is 0 Å². The SMILES string of the molecule is C#CCC[Si](C)(C)C#N. The molecule has 0 aliphatic rings. The van der Waals surface area contributed by atoms with Crippen molar-refractivity contribution in [1.29, 1.82) is 5.26 Å². The maximum atomic E-state index is 8.56. The lowest BCUT2D eigenvalue weighted by Crippen LogP contribution is -2.21. The van der Waals surface area contributed by atoms with Gasteiger partial charge in [0.15, 0.2) is 8.07 Å². The largest absolute Gasteiger partial charge is 0.207 e. The average molecular weight is 137 g/mol. The minimum absolute atomic E-state index is 0.757. The molecule has 0 saturated heterocycles. The predicted molar refractivity (Wildman–Crippen MR) is 41.4 cm³/mol. The Labute approximate surface area is 57.7 Å². The first-order valence-corrected chi connectivity index (χ1v) is 6.18. The second kappa shape index (κ2) is 3.32. The molecule has 0 aromatic carbocycles. The number of hydrogen-bond donors (Lipinski definition) is 0. The van der Waals surface area contributed by atoms with E-state index in [-0.39, 0.29) is 0 Å². The molecule has 0 spiro atoms. The minimum Gasteiger partial charge on any atom is -0.207 e. The molecule has 2 heteroatoms. The van der Waals surface area contributed by atoms with Crippen molar-refractivity contribution in [1.82, 2.24) is 0 Å². The van der Waals surface area contributed by atoms with Crippen LogP contribution < -0.4 is 0 Å². The molecule has 0 heterocycles. The van der Waals surface area contributed by atoms with Crippen molar-refractivity contribution in [2.24, 2.45) is 0 Å². The fourth-order valence-corrected chi connectivity index (χ4v) is 1.32. The van der Waals surface area contributed by atoms with Gasteiger partial charge in [-0.25, -0.2) is 5.26 Å². The topological polar surface area (TPSA) is 23.8 Å². The van der Waals surface area contributed by atoms with Gasteiger partial charge in [0.25, 0.3) is 0 Å². The lowest BCUT2D eigenvalue weighted by molar-refractivity contribution is 1.21. The first-order valence-electron chi connectivity index (χ1n) is 2.97. The van der Waals surface area contributed by atoms with Gasteiger partial charge in [0, 0.05) is 12.1 Å². The van der Waals surface area contributed by atoms with Crippen LogP contribution in [0.1, 0.15) is 6.42 Å². The molecule has 9 heavy (non-hydrogen) atoms. The van der Waals surface area contributed by atoms with Crippen LogP contribution in [0.2, 0.25) is 19.1 Å². The summed E-state index contributed by atoms with van der Waals surface area (Å²) in [6, 6.07) is 0.931. The highest BCUT2D eigenvalue weighted by molar-refractivity contribution is 6.84. The van der Waals surface area contributed by atoms with E-state index in [1.807, 2.05) is 13.1 Å². The molecule has 0 N–H and O–H groups in total. The molecule has 0 aliphatic carbocycles. The van der Waals surface area contributed by atoms with Gasteiger partial charge in [0.2, 0.25) is 0 Å². The predicted octanol–water partition coefficient (Wildman–Crippen LogP) is 1.78. The number of hydrogen-bond acceptors (Lipinski definition) is 1. The molecule has 0 fully saturated rings. The summed E-state index contributed by atoms with van der Waals surface area (Å²) in [5.41, 5.74) is 2.32. The lowest BCUT2D eigenvalue weighted by Gasteiger charge is -2.07. The summed E-state index contributed by atoms with van der Waals surface area (Å²) in [5, 5.41) is 8.56. The van der Waals surface area contributed by atoms with Crippen molar-refractivity contribution in [3.8, 4) is 18.0 Å². The van der Waals surface area contributed by atoms with Gasteiger partial charge in [-0.2, -0.15) is 0 Å². The zero-order valence-corrected chi connectivity index (χ0v) is 6.94. The molecule has 0 amide bonds. The summed E-state index contributed by atoms with van der Waals surface area (Å²) in [7, 11) is -1.54. The van der Waals surface area contributed by atoms with Crippen molar-refractivity contribution in [3.63, 3.8) is 0 Å². The first kappa shape index (κ1) is 8.27. The maximum Gasteiger partial charge on any atom is 0.168 e. The Hall–Kier alpha value is -0.733. The Bertz CT molecular complexity index is 159. The fourth-order valence-electron chi connectivity index (χ4n) is 0.441. The van der Waals surface area contributed by atoms with Gasteiger partial charge < -0.3 is 0 Å². The van der Waals surface area contributed by atoms with Gasteiger partial charge in [0.1, 0.15) is 0 Å². The highest BCUT2D eigenvalue weighted by Crippen LogP contribution is 2.08. The molecule has 0 atom stereocenters. The molecule has 0 aromatic heterocycles. The highest BCUT2D eigenvalue weighted by Gasteiger charge is 2.18. The van der Waals surface area contributed by atoms with E-state index in [1.54, 1.807) is 0 Å². The summed E-state index contributed by atoms with van der Waals surface area (Å²) in [6.45, 7) is 4.06. The maximum absolute atomic E-state index is 8.56. The summed E-state index contributed by atoms with van der Waals surface area (Å²) < 4.78 is 0. The second-order valence-corrected chi connectivity index (χ2v) is 7.19. The summed E-state index contributed by atoms with van der Waals surface area (Å²) >= 11 is 0. The number of nitriles is 1. The van der Waals surface area contributed by atoms with Gasteiger partial charge in [-0.05, 0) is 6.04 Å². The average Bonchev–Trinajstić information content (AvgIpc) is 1.84. The molecule has 48 valence electrons. The first-order chi connectivity index (χ1) is 4.12. The van der Waals surface area contributed by atoms with E-state index in [4.69, 9.17) is 11.7 Å². The summed E-state index contributed by atoms with van der Waals surface area (Å²) in [4.78, 5) is 0. The van der Waals surface area contributed by atoms with Crippen molar-refractivity contribution >= 4 is 8.07 Å². The molecular formula is C7H11NSi. The van der Waals surface area contributed by atoms with Crippen LogP contribution in [0.15, 0.2) is 0 Å². The fraction of sp³-hybridized carbons (Fsp3) is 0.571. The molecule has 0 rings (SSSR count). The molecule has 0 bridgehead atoms. The molecule has 0 radical (unpaired) electrons. The van der Waals surface area contributed by atoms with Gasteiger partial charge in [-0.15, -0.1) is 12.3 Å². The van der Waals surface area contributed by atoms with E-state index in [0.29, 0.717) is 0 Å². The van der Waals surface area contributed by atoms with Crippen LogP contribution in [0.25, 0.3) is 0 Å². The Morgan fingerprint density at radius 2 is 2.11 bits per heavy atom. The number of nitrogens with zero attached hydrogens (tertiary/aromatic N) is 1. The third kappa shape index (κ3) is 3.82. The Morgan fingerprint density at radius 3 is 2.44 bits per heavy atom. The zero-order chi connectivity index (χ0) is 7.33. The molecule has 0 aliphatic heterocycles. The van der Waals surface area contributed by atoms with E-state index in [9.17, 15) is 0 Å². The molecule has 1 nitrogen and oxygen atoms in total. The Kier molecular flexibility index (Phi) is 3.05. The van der Waals surface area contributed by atoms with E-state index in [0.717, 1.165) is 12.5 Å². The number of terminal acetylenes is 1. The van der Waals surface area contributed by atoms with Crippen LogP contribution in [-0.2, 0) is 0 Å². The Morgan fingerprint density at radius 1 is 1.56 bits per heavy atom. The van der Waals surface area contributed by atoms with E-state index >= 15 is 0 Å². The third-order valence-corrected chi connectivity index (χ3v) is 3.30. The van der Waals surface area contributed by atoms with Crippen LogP contribution in [0.3, 0.4) is 0 Å². The van der Waals surface area contributed by atoms with E-state index < -0.39 is 8.07 Å². The molecular weight excluding hydrogens is 126 g/mol. The quantitative estimate of drug-likeness (QED) is 0.420. The van der Waals surface area contributed by atoms with Crippen LogP contribution >= 0.6 is 0 Å². The smallest absolute Gasteiger partial charge is 0.168 e. The van der Waals surface area contributed by atoms with Crippen LogP contribution in [0.4, 0.5) is 0 Å². The summed E-state index contributed by atoms with van der Waals surface area (Å²) in [6.07, 6.45) is 5.81. The second-order valence-electron chi connectivity index (χ2n) is 2.70. The lowest BCUT2D eigenvalue weighted by atomic mass is 10.5. The monoisotopic (exact) mass is 137 g/mol.